The summed E-state index contributed by atoms with van der Waals surface area (Å²) in [7, 11) is 2.85. The molecule has 1 aliphatic heterocycles. The van der Waals surface area contributed by atoms with E-state index in [-0.39, 0.29) is 24.5 Å². The number of ether oxygens (including phenoxy) is 2. The molecule has 3 atom stereocenters. The number of anilines is 1. The Morgan fingerprint density at radius 2 is 2.12 bits per heavy atom. The Kier molecular flexibility index (Phi) is 3.17. The van der Waals surface area contributed by atoms with Gasteiger partial charge in [0.2, 0.25) is 0 Å². The highest BCUT2D eigenvalue weighted by atomic mass is 16.5. The highest BCUT2D eigenvalue weighted by Crippen LogP contribution is 2.78. The van der Waals surface area contributed by atoms with Crippen LogP contribution in [-0.2, 0) is 19.7 Å². The lowest BCUT2D eigenvalue weighted by molar-refractivity contribution is -0.138. The standard InChI is InChI=1S/C18H19NO6/c1-24-11-3-4-13-12(8-11)17(9-15(21)22)14-7-10(20)5-6-18(14,17)19(13)16(23)25-2/h3-4,8,14H,5-7,9H2,1-2H3,(H,21,22)/t14?,17-,18+/m0/s1. The quantitative estimate of drug-likeness (QED) is 0.902. The highest BCUT2D eigenvalue weighted by molar-refractivity contribution is 6.00. The highest BCUT2D eigenvalue weighted by Gasteiger charge is 2.85. The first-order chi connectivity index (χ1) is 11.9. The summed E-state index contributed by atoms with van der Waals surface area (Å²) in [5.74, 6) is -0.429. The number of carboxylic acid groups (broad SMARTS) is 1. The van der Waals surface area contributed by atoms with Crippen LogP contribution in [0.5, 0.6) is 5.75 Å². The van der Waals surface area contributed by atoms with Crippen LogP contribution in [0.3, 0.4) is 0 Å². The summed E-state index contributed by atoms with van der Waals surface area (Å²) in [6.07, 6.45) is 0.443. The molecule has 0 radical (unpaired) electrons. The molecule has 1 amide bonds. The maximum atomic E-state index is 12.6. The zero-order chi connectivity index (χ0) is 18.0. The molecule has 2 aliphatic carbocycles. The molecule has 1 spiro atoms. The van der Waals surface area contributed by atoms with Crippen molar-refractivity contribution in [3.8, 4) is 5.75 Å². The number of fused-ring (bicyclic) bond motifs is 3. The van der Waals surface area contributed by atoms with Crippen LogP contribution in [0.15, 0.2) is 18.2 Å². The predicted octanol–water partition coefficient (Wildman–Crippen LogP) is 2.12. The molecule has 4 rings (SSSR count). The van der Waals surface area contributed by atoms with Crippen LogP contribution in [0.25, 0.3) is 0 Å². The van der Waals surface area contributed by atoms with Gasteiger partial charge in [-0.3, -0.25) is 14.5 Å². The van der Waals surface area contributed by atoms with Crippen LogP contribution in [0.2, 0.25) is 0 Å². The first-order valence-electron chi connectivity index (χ1n) is 8.22. The van der Waals surface area contributed by atoms with Crippen LogP contribution in [0.4, 0.5) is 10.5 Å². The molecule has 1 N–H and O–H groups in total. The van der Waals surface area contributed by atoms with Crippen molar-refractivity contribution in [3.05, 3.63) is 23.8 Å². The zero-order valence-corrected chi connectivity index (χ0v) is 14.1. The van der Waals surface area contributed by atoms with Gasteiger partial charge in [0.1, 0.15) is 11.5 Å². The minimum Gasteiger partial charge on any atom is -0.497 e. The minimum atomic E-state index is -0.943. The molecular formula is C18H19NO6. The van der Waals surface area contributed by atoms with Crippen molar-refractivity contribution in [2.75, 3.05) is 19.1 Å². The molecule has 0 saturated heterocycles. The normalized spacial score (nSPS) is 31.7. The summed E-state index contributed by atoms with van der Waals surface area (Å²) >= 11 is 0. The second-order valence-corrected chi connectivity index (χ2v) is 6.95. The Bertz CT molecular complexity index is 805. The lowest BCUT2D eigenvalue weighted by Crippen LogP contribution is -2.46. The number of carbonyl (C=O) groups is 3. The van der Waals surface area contributed by atoms with Crippen molar-refractivity contribution in [1.29, 1.82) is 0 Å². The van der Waals surface area contributed by atoms with Gasteiger partial charge in [-0.25, -0.2) is 4.79 Å². The lowest BCUT2D eigenvalue weighted by atomic mass is 9.87. The number of aliphatic carboxylic acids is 1. The number of nitrogens with zero attached hydrogens (tertiary/aromatic N) is 1. The topological polar surface area (TPSA) is 93.1 Å². The Balaban J connectivity index is 1.95. The van der Waals surface area contributed by atoms with Crippen LogP contribution in [0.1, 0.15) is 31.2 Å². The van der Waals surface area contributed by atoms with E-state index >= 15 is 0 Å². The largest absolute Gasteiger partial charge is 0.497 e. The second kappa shape index (κ2) is 4.97. The molecule has 25 heavy (non-hydrogen) atoms. The summed E-state index contributed by atoms with van der Waals surface area (Å²) in [6, 6.07) is 5.31. The lowest BCUT2D eigenvalue weighted by Gasteiger charge is -2.32. The number of hydrogen-bond donors (Lipinski definition) is 1. The van der Waals surface area contributed by atoms with Crippen molar-refractivity contribution in [2.45, 2.75) is 36.6 Å². The molecule has 0 bridgehead atoms. The molecule has 1 aromatic rings. The zero-order valence-electron chi connectivity index (χ0n) is 14.1. The number of benzene rings is 1. The van der Waals surface area contributed by atoms with Crippen molar-refractivity contribution >= 4 is 23.5 Å². The van der Waals surface area contributed by atoms with Gasteiger partial charge in [-0.15, -0.1) is 0 Å². The number of carbonyl (C=O) groups excluding carboxylic acids is 2. The molecular weight excluding hydrogens is 326 g/mol. The van der Waals surface area contributed by atoms with Gasteiger partial charge in [-0.05, 0) is 30.2 Å². The van der Waals surface area contributed by atoms with Gasteiger partial charge in [0.25, 0.3) is 0 Å². The van der Waals surface area contributed by atoms with Crippen molar-refractivity contribution in [3.63, 3.8) is 0 Å². The van der Waals surface area contributed by atoms with E-state index in [1.54, 1.807) is 23.1 Å². The molecule has 1 aromatic carbocycles. The molecule has 7 nitrogen and oxygen atoms in total. The van der Waals surface area contributed by atoms with Gasteiger partial charge in [0.05, 0.1) is 31.9 Å². The molecule has 1 heterocycles. The average Bonchev–Trinajstić information content (AvgIpc) is 3.06. The number of ketones is 1. The van der Waals surface area contributed by atoms with E-state index in [1.807, 2.05) is 0 Å². The van der Waals surface area contributed by atoms with Gasteiger partial charge in [-0.2, -0.15) is 0 Å². The van der Waals surface area contributed by atoms with E-state index in [1.165, 1.54) is 14.2 Å². The van der Waals surface area contributed by atoms with Crippen LogP contribution >= 0.6 is 0 Å². The van der Waals surface area contributed by atoms with Gasteiger partial charge in [-0.1, -0.05) is 0 Å². The summed E-state index contributed by atoms with van der Waals surface area (Å²) in [4.78, 5) is 37.9. The predicted molar refractivity (Wildman–Crippen MR) is 86.9 cm³/mol. The van der Waals surface area contributed by atoms with Gasteiger partial charge >= 0.3 is 12.1 Å². The van der Waals surface area contributed by atoms with Crippen LogP contribution in [0, 0.1) is 5.92 Å². The molecule has 2 fully saturated rings. The number of amides is 1. The van der Waals surface area contributed by atoms with Gasteiger partial charge in [0, 0.05) is 24.2 Å². The fourth-order valence-electron chi connectivity index (χ4n) is 5.33. The Morgan fingerprint density at radius 3 is 2.76 bits per heavy atom. The maximum absolute atomic E-state index is 12.6. The average molecular weight is 345 g/mol. The number of carboxylic acids is 1. The fraction of sp³-hybridized carbons (Fsp3) is 0.500. The molecule has 0 aromatic heterocycles. The van der Waals surface area contributed by atoms with Crippen molar-refractivity contribution in [2.24, 2.45) is 5.92 Å². The number of hydrogen-bond acceptors (Lipinski definition) is 5. The summed E-state index contributed by atoms with van der Waals surface area (Å²) < 4.78 is 10.3. The maximum Gasteiger partial charge on any atom is 0.414 e. The number of methoxy groups -OCH3 is 2. The van der Waals surface area contributed by atoms with Crippen LogP contribution in [-0.4, -0.2) is 42.7 Å². The summed E-state index contributed by atoms with van der Waals surface area (Å²) in [6.45, 7) is 0. The third-order valence-electron chi connectivity index (χ3n) is 6.19. The van der Waals surface area contributed by atoms with Crippen molar-refractivity contribution < 1.29 is 29.0 Å². The third kappa shape index (κ3) is 1.73. The van der Waals surface area contributed by atoms with E-state index in [4.69, 9.17) is 9.47 Å². The number of rotatable bonds is 3. The van der Waals surface area contributed by atoms with Gasteiger partial charge < -0.3 is 14.6 Å². The number of Topliss-reactive ketones (excluding diaryl/α,β-unsaturated/α-hetero) is 1. The Labute approximate surface area is 144 Å². The van der Waals surface area contributed by atoms with E-state index in [9.17, 15) is 19.5 Å². The Morgan fingerprint density at radius 1 is 1.36 bits per heavy atom. The first-order valence-corrected chi connectivity index (χ1v) is 8.22. The van der Waals surface area contributed by atoms with Gasteiger partial charge in [0.15, 0.2) is 0 Å². The van der Waals surface area contributed by atoms with E-state index in [2.05, 4.69) is 0 Å². The molecule has 2 saturated carbocycles. The van der Waals surface area contributed by atoms with Crippen molar-refractivity contribution in [1.82, 2.24) is 0 Å². The molecule has 3 aliphatic rings. The first kappa shape index (κ1) is 15.9. The smallest absolute Gasteiger partial charge is 0.414 e. The monoisotopic (exact) mass is 345 g/mol. The third-order valence-corrected chi connectivity index (χ3v) is 6.19. The Hall–Kier alpha value is -2.57. The molecule has 132 valence electrons. The van der Waals surface area contributed by atoms with E-state index in [0.29, 0.717) is 24.3 Å². The summed E-state index contributed by atoms with van der Waals surface area (Å²) in [5.41, 5.74) is -0.0386. The molecule has 7 heteroatoms. The van der Waals surface area contributed by atoms with E-state index in [0.717, 1.165) is 5.56 Å². The fourth-order valence-corrected chi connectivity index (χ4v) is 5.33. The second-order valence-electron chi connectivity index (χ2n) is 6.95. The molecule has 1 unspecified atom stereocenters. The minimum absolute atomic E-state index is 0.115. The SMILES string of the molecule is COC(=O)N1c2ccc(OC)cc2[C@@]2(CC(=O)O)C3CC(=O)CC[C@]312. The van der Waals surface area contributed by atoms with Crippen LogP contribution < -0.4 is 9.64 Å². The van der Waals surface area contributed by atoms with E-state index < -0.39 is 23.0 Å². The summed E-state index contributed by atoms with van der Waals surface area (Å²) in [5, 5.41) is 9.56.